The lowest BCUT2D eigenvalue weighted by molar-refractivity contribution is 0.263. The minimum atomic E-state index is 0.426. The first-order valence-corrected chi connectivity index (χ1v) is 7.67. The summed E-state index contributed by atoms with van der Waals surface area (Å²) < 4.78 is 6.66. The highest BCUT2D eigenvalue weighted by atomic mass is 79.9. The molecule has 0 aliphatic heterocycles. The number of halogens is 1. The Morgan fingerprint density at radius 3 is 2.76 bits per heavy atom. The molecule has 0 saturated carbocycles. The Labute approximate surface area is 133 Å². The molecule has 1 aromatic carbocycles. The van der Waals surface area contributed by atoms with Crippen LogP contribution in [0.5, 0.6) is 5.88 Å². The average molecular weight is 350 g/mol. The Hall–Kier alpha value is -1.75. The van der Waals surface area contributed by atoms with Crippen molar-refractivity contribution in [3.8, 4) is 5.88 Å². The summed E-state index contributed by atoms with van der Waals surface area (Å²) in [5.41, 5.74) is 8.59. The van der Waals surface area contributed by atoms with Crippen LogP contribution in [-0.2, 0) is 0 Å². The predicted molar refractivity (Wildman–Crippen MR) is 91.1 cm³/mol. The minimum Gasteiger partial charge on any atom is -0.476 e. The van der Waals surface area contributed by atoms with Crippen LogP contribution in [0.2, 0.25) is 0 Å². The maximum atomic E-state index is 5.90. The first-order chi connectivity index (χ1) is 9.95. The van der Waals surface area contributed by atoms with Crippen LogP contribution in [0.3, 0.4) is 0 Å². The van der Waals surface area contributed by atoms with E-state index in [1.165, 1.54) is 0 Å². The maximum Gasteiger partial charge on any atom is 0.239 e. The van der Waals surface area contributed by atoms with Gasteiger partial charge in [-0.3, -0.25) is 0 Å². The van der Waals surface area contributed by atoms with Gasteiger partial charge in [0.1, 0.15) is 5.82 Å². The molecule has 1 aromatic heterocycles. The van der Waals surface area contributed by atoms with Crippen LogP contribution in [0.15, 0.2) is 34.8 Å². The van der Waals surface area contributed by atoms with E-state index in [-0.39, 0.29) is 0 Å². The second-order valence-electron chi connectivity index (χ2n) is 5.38. The summed E-state index contributed by atoms with van der Waals surface area (Å²) in [6.45, 7) is 6.81. The number of nitrogens with two attached hydrogens (primary N) is 1. The Morgan fingerprint density at radius 1 is 1.29 bits per heavy atom. The molecule has 2 aromatic rings. The van der Waals surface area contributed by atoms with Gasteiger partial charge in [0.05, 0.1) is 12.3 Å². The van der Waals surface area contributed by atoms with Crippen molar-refractivity contribution < 1.29 is 4.74 Å². The number of aryl methyl sites for hydroxylation is 1. The Balaban J connectivity index is 2.20. The highest BCUT2D eigenvalue weighted by Crippen LogP contribution is 2.27. The Kier molecular flexibility index (Phi) is 5.07. The minimum absolute atomic E-state index is 0.426. The average Bonchev–Trinajstić information content (AvgIpc) is 2.43. The van der Waals surface area contributed by atoms with E-state index in [1.807, 2.05) is 31.2 Å². The number of benzene rings is 1. The molecule has 2 rings (SSSR count). The van der Waals surface area contributed by atoms with Crippen molar-refractivity contribution in [2.75, 3.05) is 17.7 Å². The zero-order chi connectivity index (χ0) is 15.4. The van der Waals surface area contributed by atoms with Crippen LogP contribution in [0.4, 0.5) is 17.2 Å². The number of nitrogens with one attached hydrogen (secondary N) is 1. The van der Waals surface area contributed by atoms with Gasteiger partial charge < -0.3 is 15.8 Å². The molecule has 5 heteroatoms. The summed E-state index contributed by atoms with van der Waals surface area (Å²) >= 11 is 3.47. The number of hydrogen-bond donors (Lipinski definition) is 2. The number of nitrogens with zero attached hydrogens (tertiary/aromatic N) is 1. The molecule has 4 nitrogen and oxygen atoms in total. The van der Waals surface area contributed by atoms with Gasteiger partial charge in [0, 0.05) is 10.2 Å². The van der Waals surface area contributed by atoms with Crippen molar-refractivity contribution in [1.29, 1.82) is 0 Å². The van der Waals surface area contributed by atoms with Crippen molar-refractivity contribution in [3.05, 3.63) is 40.4 Å². The zero-order valence-electron chi connectivity index (χ0n) is 12.5. The number of hydrogen-bond acceptors (Lipinski definition) is 4. The molecule has 0 bridgehead atoms. The second-order valence-corrected chi connectivity index (χ2v) is 6.30. The zero-order valence-corrected chi connectivity index (χ0v) is 14.1. The monoisotopic (exact) mass is 349 g/mol. The Bertz CT molecular complexity index is 629. The van der Waals surface area contributed by atoms with Crippen LogP contribution >= 0.6 is 15.9 Å². The number of ether oxygens (including phenoxy) is 1. The highest BCUT2D eigenvalue weighted by Gasteiger charge is 2.07. The van der Waals surface area contributed by atoms with Gasteiger partial charge in [-0.05, 0) is 42.7 Å². The molecule has 0 unspecified atom stereocenters. The summed E-state index contributed by atoms with van der Waals surface area (Å²) in [6.07, 6.45) is 0. The van der Waals surface area contributed by atoms with Crippen molar-refractivity contribution >= 4 is 33.1 Å². The molecule has 112 valence electrons. The SMILES string of the molecule is Cc1ccc(Br)cc1Nc1ccc(N)c(OCC(C)C)n1. The number of pyridine rings is 1. The van der Waals surface area contributed by atoms with Gasteiger partial charge in [-0.25, -0.2) is 0 Å². The van der Waals surface area contributed by atoms with E-state index in [0.717, 1.165) is 15.7 Å². The number of anilines is 3. The van der Waals surface area contributed by atoms with Crippen LogP contribution in [-0.4, -0.2) is 11.6 Å². The van der Waals surface area contributed by atoms with E-state index in [0.29, 0.717) is 29.9 Å². The lowest BCUT2D eigenvalue weighted by Crippen LogP contribution is -2.08. The van der Waals surface area contributed by atoms with Crippen LogP contribution in [0.1, 0.15) is 19.4 Å². The molecule has 0 atom stereocenters. The summed E-state index contributed by atoms with van der Waals surface area (Å²) in [7, 11) is 0. The van der Waals surface area contributed by atoms with Crippen molar-refractivity contribution in [2.24, 2.45) is 5.92 Å². The quantitative estimate of drug-likeness (QED) is 0.833. The maximum absolute atomic E-state index is 5.90. The topological polar surface area (TPSA) is 60.2 Å². The van der Waals surface area contributed by atoms with E-state index in [4.69, 9.17) is 10.5 Å². The van der Waals surface area contributed by atoms with Gasteiger partial charge in [0.15, 0.2) is 0 Å². The summed E-state index contributed by atoms with van der Waals surface area (Å²) in [5, 5.41) is 3.29. The van der Waals surface area contributed by atoms with Crippen LogP contribution < -0.4 is 15.8 Å². The van der Waals surface area contributed by atoms with E-state index < -0.39 is 0 Å². The van der Waals surface area contributed by atoms with Crippen LogP contribution in [0.25, 0.3) is 0 Å². The standard InChI is InChI=1S/C16H20BrN3O/c1-10(2)9-21-16-13(18)6-7-15(20-16)19-14-8-12(17)5-4-11(14)3/h4-8,10H,9,18H2,1-3H3,(H,19,20). The van der Waals surface area contributed by atoms with Gasteiger partial charge in [0.2, 0.25) is 5.88 Å². The van der Waals surface area contributed by atoms with E-state index in [2.05, 4.69) is 40.1 Å². The highest BCUT2D eigenvalue weighted by molar-refractivity contribution is 9.10. The smallest absolute Gasteiger partial charge is 0.239 e. The van der Waals surface area contributed by atoms with Crippen molar-refractivity contribution in [3.63, 3.8) is 0 Å². The molecular formula is C16H20BrN3O. The number of aromatic nitrogens is 1. The third-order valence-corrected chi connectivity index (χ3v) is 3.40. The summed E-state index contributed by atoms with van der Waals surface area (Å²) in [6, 6.07) is 9.71. The molecule has 0 saturated heterocycles. The molecule has 0 fully saturated rings. The Morgan fingerprint density at radius 2 is 2.05 bits per heavy atom. The third-order valence-electron chi connectivity index (χ3n) is 2.91. The van der Waals surface area contributed by atoms with Gasteiger partial charge in [0.25, 0.3) is 0 Å². The molecule has 0 aliphatic carbocycles. The predicted octanol–water partition coefficient (Wildman–Crippen LogP) is 4.51. The lowest BCUT2D eigenvalue weighted by atomic mass is 10.2. The molecule has 0 aliphatic rings. The van der Waals surface area contributed by atoms with Gasteiger partial charge >= 0.3 is 0 Å². The van der Waals surface area contributed by atoms with E-state index >= 15 is 0 Å². The number of rotatable bonds is 5. The molecule has 0 spiro atoms. The largest absolute Gasteiger partial charge is 0.476 e. The molecular weight excluding hydrogens is 330 g/mol. The second kappa shape index (κ2) is 6.80. The molecule has 0 amide bonds. The molecule has 1 heterocycles. The summed E-state index contributed by atoms with van der Waals surface area (Å²) in [4.78, 5) is 4.44. The fraction of sp³-hybridized carbons (Fsp3) is 0.312. The third kappa shape index (κ3) is 4.36. The van der Waals surface area contributed by atoms with Gasteiger partial charge in [-0.2, -0.15) is 4.98 Å². The molecule has 21 heavy (non-hydrogen) atoms. The molecule has 0 radical (unpaired) electrons. The lowest BCUT2D eigenvalue weighted by Gasteiger charge is -2.13. The van der Waals surface area contributed by atoms with Gasteiger partial charge in [-0.15, -0.1) is 0 Å². The first kappa shape index (κ1) is 15.6. The first-order valence-electron chi connectivity index (χ1n) is 6.88. The van der Waals surface area contributed by atoms with Crippen molar-refractivity contribution in [1.82, 2.24) is 4.98 Å². The fourth-order valence-electron chi connectivity index (χ4n) is 1.75. The molecule has 3 N–H and O–H groups in total. The van der Waals surface area contributed by atoms with E-state index in [1.54, 1.807) is 6.07 Å². The number of nitrogen functional groups attached to an aromatic ring is 1. The van der Waals surface area contributed by atoms with Gasteiger partial charge in [-0.1, -0.05) is 35.8 Å². The van der Waals surface area contributed by atoms with Crippen LogP contribution in [0, 0.1) is 12.8 Å². The normalized spacial score (nSPS) is 10.7. The van der Waals surface area contributed by atoms with E-state index in [9.17, 15) is 0 Å². The summed E-state index contributed by atoms with van der Waals surface area (Å²) in [5.74, 6) is 1.61. The van der Waals surface area contributed by atoms with Crippen molar-refractivity contribution in [2.45, 2.75) is 20.8 Å². The fourth-order valence-corrected chi connectivity index (χ4v) is 2.11.